The monoisotopic (exact) mass is 435 g/mol. The highest BCUT2D eigenvalue weighted by Gasteiger charge is 2.27. The Morgan fingerprint density at radius 2 is 1.77 bits per heavy atom. The van der Waals surface area contributed by atoms with Crippen LogP contribution in [0.1, 0.15) is 30.1 Å². The van der Waals surface area contributed by atoms with Crippen molar-refractivity contribution in [2.75, 3.05) is 31.6 Å². The predicted octanol–water partition coefficient (Wildman–Crippen LogP) is 3.38. The SMILES string of the molecule is CC1(CNC(=O)c2ccccc2OCC(=O)Nc2ccccc2F)CCNCC1.Cl. The van der Waals surface area contributed by atoms with E-state index in [2.05, 4.69) is 22.9 Å². The van der Waals surface area contributed by atoms with Gasteiger partial charge >= 0.3 is 0 Å². The van der Waals surface area contributed by atoms with Gasteiger partial charge in [-0.25, -0.2) is 4.39 Å². The van der Waals surface area contributed by atoms with E-state index in [1.165, 1.54) is 12.1 Å². The van der Waals surface area contributed by atoms with Crippen LogP contribution < -0.4 is 20.7 Å². The Hall–Kier alpha value is -2.64. The van der Waals surface area contributed by atoms with Gasteiger partial charge in [0, 0.05) is 6.54 Å². The highest BCUT2D eigenvalue weighted by atomic mass is 35.5. The van der Waals surface area contributed by atoms with Crippen LogP contribution >= 0.6 is 12.4 Å². The maximum atomic E-state index is 13.6. The average Bonchev–Trinajstić information content (AvgIpc) is 2.73. The van der Waals surface area contributed by atoms with Crippen LogP contribution in [-0.2, 0) is 4.79 Å². The maximum absolute atomic E-state index is 13.6. The lowest BCUT2D eigenvalue weighted by Gasteiger charge is -2.34. The van der Waals surface area contributed by atoms with Crippen molar-refractivity contribution in [3.63, 3.8) is 0 Å². The molecule has 1 fully saturated rings. The van der Waals surface area contributed by atoms with Gasteiger partial charge in [-0.3, -0.25) is 9.59 Å². The van der Waals surface area contributed by atoms with Gasteiger partial charge in [0.15, 0.2) is 6.61 Å². The summed E-state index contributed by atoms with van der Waals surface area (Å²) in [6.45, 7) is 4.31. The van der Waals surface area contributed by atoms with Gasteiger partial charge in [0.1, 0.15) is 11.6 Å². The Morgan fingerprint density at radius 3 is 2.50 bits per heavy atom. The molecule has 2 aromatic rings. The van der Waals surface area contributed by atoms with E-state index in [0.717, 1.165) is 25.9 Å². The number of anilines is 1. The zero-order valence-electron chi connectivity index (χ0n) is 16.9. The number of benzene rings is 2. The number of hydrogen-bond donors (Lipinski definition) is 3. The molecule has 0 aliphatic carbocycles. The van der Waals surface area contributed by atoms with Gasteiger partial charge in [-0.1, -0.05) is 31.2 Å². The zero-order valence-corrected chi connectivity index (χ0v) is 17.7. The minimum absolute atomic E-state index is 0. The first-order chi connectivity index (χ1) is 14.0. The van der Waals surface area contributed by atoms with Crippen molar-refractivity contribution < 1.29 is 18.7 Å². The molecule has 6 nitrogen and oxygen atoms in total. The van der Waals surface area contributed by atoms with E-state index in [-0.39, 0.29) is 36.0 Å². The summed E-state index contributed by atoms with van der Waals surface area (Å²) >= 11 is 0. The Morgan fingerprint density at radius 1 is 1.10 bits per heavy atom. The van der Waals surface area contributed by atoms with Crippen molar-refractivity contribution >= 4 is 29.9 Å². The van der Waals surface area contributed by atoms with Gasteiger partial charge in [0.05, 0.1) is 11.3 Å². The fourth-order valence-corrected chi connectivity index (χ4v) is 3.27. The van der Waals surface area contributed by atoms with Crippen LogP contribution in [0.5, 0.6) is 5.75 Å². The summed E-state index contributed by atoms with van der Waals surface area (Å²) in [5.74, 6) is -0.960. The molecule has 0 atom stereocenters. The second-order valence-electron chi connectivity index (χ2n) is 7.56. The summed E-state index contributed by atoms with van der Waals surface area (Å²) in [6.07, 6.45) is 2.00. The molecular weight excluding hydrogens is 409 g/mol. The third kappa shape index (κ3) is 6.43. The topological polar surface area (TPSA) is 79.5 Å². The van der Waals surface area contributed by atoms with Crippen molar-refractivity contribution in [2.24, 2.45) is 5.41 Å². The quantitative estimate of drug-likeness (QED) is 0.623. The third-order valence-electron chi connectivity index (χ3n) is 5.12. The molecule has 0 aromatic heterocycles. The minimum Gasteiger partial charge on any atom is -0.483 e. The van der Waals surface area contributed by atoms with E-state index >= 15 is 0 Å². The molecule has 3 rings (SSSR count). The van der Waals surface area contributed by atoms with E-state index in [4.69, 9.17) is 4.74 Å². The first kappa shape index (κ1) is 23.6. The van der Waals surface area contributed by atoms with Crippen molar-refractivity contribution in [1.29, 1.82) is 0 Å². The lowest BCUT2D eigenvalue weighted by atomic mass is 9.81. The lowest BCUT2D eigenvalue weighted by Crippen LogP contribution is -2.43. The van der Waals surface area contributed by atoms with E-state index in [1.807, 2.05) is 0 Å². The number of amides is 2. The fourth-order valence-electron chi connectivity index (χ4n) is 3.27. The summed E-state index contributed by atoms with van der Waals surface area (Å²) < 4.78 is 19.2. The summed E-state index contributed by atoms with van der Waals surface area (Å²) in [6, 6.07) is 12.7. The van der Waals surface area contributed by atoms with Crippen molar-refractivity contribution in [1.82, 2.24) is 10.6 Å². The molecule has 2 aromatic carbocycles. The standard InChI is InChI=1S/C22H26FN3O3.ClH/c1-22(10-12-24-13-11-22)15-25-21(28)16-6-2-5-9-19(16)29-14-20(27)26-18-8-4-3-7-17(18)23;/h2-9,24H,10-15H2,1H3,(H,25,28)(H,26,27);1H. The van der Waals surface area contributed by atoms with E-state index < -0.39 is 11.7 Å². The number of ether oxygens (including phenoxy) is 1. The molecule has 1 aliphatic rings. The second-order valence-corrected chi connectivity index (χ2v) is 7.56. The summed E-state index contributed by atoms with van der Waals surface area (Å²) in [5, 5.41) is 8.77. The van der Waals surface area contributed by atoms with Gasteiger partial charge in [-0.2, -0.15) is 0 Å². The number of carbonyl (C=O) groups is 2. The average molecular weight is 436 g/mol. The molecule has 8 heteroatoms. The molecule has 0 saturated carbocycles. The third-order valence-corrected chi connectivity index (χ3v) is 5.12. The van der Waals surface area contributed by atoms with Gasteiger partial charge in [-0.05, 0) is 55.6 Å². The second kappa shape index (κ2) is 10.9. The van der Waals surface area contributed by atoms with E-state index in [9.17, 15) is 14.0 Å². The number of hydrogen-bond acceptors (Lipinski definition) is 4. The normalized spacial score (nSPS) is 14.9. The molecule has 1 heterocycles. The zero-order chi connectivity index (χ0) is 20.7. The molecule has 1 saturated heterocycles. The molecule has 0 radical (unpaired) electrons. The Balaban J connectivity index is 0.00000320. The molecule has 0 unspecified atom stereocenters. The lowest BCUT2D eigenvalue weighted by molar-refractivity contribution is -0.118. The Bertz CT molecular complexity index is 872. The van der Waals surface area contributed by atoms with Crippen molar-refractivity contribution in [3.05, 3.63) is 59.9 Å². The van der Waals surface area contributed by atoms with Gasteiger partial charge in [0.2, 0.25) is 0 Å². The highest BCUT2D eigenvalue weighted by Crippen LogP contribution is 2.27. The van der Waals surface area contributed by atoms with Crippen LogP contribution in [0, 0.1) is 11.2 Å². The Labute approximate surface area is 182 Å². The van der Waals surface area contributed by atoms with Crippen LogP contribution in [0.4, 0.5) is 10.1 Å². The molecule has 1 aliphatic heterocycles. The first-order valence-electron chi connectivity index (χ1n) is 9.72. The van der Waals surface area contributed by atoms with Crippen molar-refractivity contribution in [3.8, 4) is 5.75 Å². The van der Waals surface area contributed by atoms with E-state index in [1.54, 1.807) is 36.4 Å². The molecule has 0 bridgehead atoms. The van der Waals surface area contributed by atoms with Crippen LogP contribution in [0.3, 0.4) is 0 Å². The van der Waals surface area contributed by atoms with Gasteiger partial charge < -0.3 is 20.7 Å². The molecule has 3 N–H and O–H groups in total. The number of piperidine rings is 1. The largest absolute Gasteiger partial charge is 0.483 e. The minimum atomic E-state index is -0.521. The number of carbonyl (C=O) groups excluding carboxylic acids is 2. The smallest absolute Gasteiger partial charge is 0.262 e. The predicted molar refractivity (Wildman–Crippen MR) is 117 cm³/mol. The van der Waals surface area contributed by atoms with Crippen LogP contribution in [-0.4, -0.2) is 38.1 Å². The summed E-state index contributed by atoms with van der Waals surface area (Å²) in [7, 11) is 0. The molecular formula is C22H27ClFN3O3. The number of para-hydroxylation sites is 2. The molecule has 0 spiro atoms. The van der Waals surface area contributed by atoms with Crippen LogP contribution in [0.2, 0.25) is 0 Å². The van der Waals surface area contributed by atoms with Crippen LogP contribution in [0.15, 0.2) is 48.5 Å². The maximum Gasteiger partial charge on any atom is 0.262 e. The highest BCUT2D eigenvalue weighted by molar-refractivity contribution is 5.97. The molecule has 2 amide bonds. The molecule has 162 valence electrons. The molecule has 30 heavy (non-hydrogen) atoms. The Kier molecular flexibility index (Phi) is 8.62. The fraction of sp³-hybridized carbons (Fsp3) is 0.364. The first-order valence-corrected chi connectivity index (χ1v) is 9.72. The van der Waals surface area contributed by atoms with E-state index in [0.29, 0.717) is 17.9 Å². The number of nitrogens with one attached hydrogen (secondary N) is 3. The van der Waals surface area contributed by atoms with Gasteiger partial charge in [0.25, 0.3) is 11.8 Å². The van der Waals surface area contributed by atoms with Crippen LogP contribution in [0.25, 0.3) is 0 Å². The summed E-state index contributed by atoms with van der Waals surface area (Å²) in [5.41, 5.74) is 0.516. The summed E-state index contributed by atoms with van der Waals surface area (Å²) in [4.78, 5) is 24.8. The number of rotatable bonds is 7. The van der Waals surface area contributed by atoms with Crippen molar-refractivity contribution in [2.45, 2.75) is 19.8 Å². The number of halogens is 2. The van der Waals surface area contributed by atoms with Gasteiger partial charge in [-0.15, -0.1) is 12.4 Å².